The summed E-state index contributed by atoms with van der Waals surface area (Å²) in [5.41, 5.74) is 2.20. The average molecular weight is 234 g/mol. The molecule has 2 rings (SSSR count). The molecule has 2 heterocycles. The summed E-state index contributed by atoms with van der Waals surface area (Å²) >= 11 is 0. The third-order valence-electron chi connectivity index (χ3n) is 2.88. The Labute approximate surface area is 101 Å². The molecule has 0 aliphatic carbocycles. The third kappa shape index (κ3) is 2.24. The van der Waals surface area contributed by atoms with E-state index < -0.39 is 0 Å². The van der Waals surface area contributed by atoms with E-state index in [1.807, 2.05) is 30.9 Å². The normalized spacial score (nSPS) is 12.9. The second kappa shape index (κ2) is 5.14. The molecule has 17 heavy (non-hydrogen) atoms. The zero-order valence-corrected chi connectivity index (χ0v) is 10.5. The van der Waals surface area contributed by atoms with E-state index in [0.717, 1.165) is 30.0 Å². The number of rotatable bonds is 5. The van der Waals surface area contributed by atoms with Gasteiger partial charge in [-0.05, 0) is 26.5 Å². The number of furan rings is 1. The molecule has 0 aromatic carbocycles. The number of nitrogens with one attached hydrogen (secondary N) is 1. The van der Waals surface area contributed by atoms with Gasteiger partial charge in [0, 0.05) is 12.1 Å². The van der Waals surface area contributed by atoms with Crippen molar-refractivity contribution in [1.82, 2.24) is 20.3 Å². The van der Waals surface area contributed by atoms with Crippen LogP contribution in [-0.4, -0.2) is 22.0 Å². The van der Waals surface area contributed by atoms with Gasteiger partial charge in [-0.1, -0.05) is 12.1 Å². The Morgan fingerprint density at radius 2 is 2.35 bits per heavy atom. The number of hydrogen-bond donors (Lipinski definition) is 1. The van der Waals surface area contributed by atoms with E-state index >= 15 is 0 Å². The Morgan fingerprint density at radius 1 is 1.53 bits per heavy atom. The first-order valence-electron chi connectivity index (χ1n) is 5.87. The Bertz CT molecular complexity index is 474. The molecule has 0 amide bonds. The largest absolute Gasteiger partial charge is 0.469 e. The average Bonchev–Trinajstić information content (AvgIpc) is 2.92. The second-order valence-corrected chi connectivity index (χ2v) is 4.04. The van der Waals surface area contributed by atoms with Crippen LogP contribution in [0.4, 0.5) is 0 Å². The SMILES string of the molecule is CCCn1nncc1C(NC)c1ccoc1C. The topological polar surface area (TPSA) is 55.9 Å². The van der Waals surface area contributed by atoms with E-state index in [1.54, 1.807) is 6.26 Å². The minimum absolute atomic E-state index is 0.0790. The van der Waals surface area contributed by atoms with Crippen molar-refractivity contribution in [3.8, 4) is 0 Å². The molecule has 2 aromatic heterocycles. The van der Waals surface area contributed by atoms with Gasteiger partial charge in [0.15, 0.2) is 0 Å². The summed E-state index contributed by atoms with van der Waals surface area (Å²) in [6, 6.07) is 2.06. The van der Waals surface area contributed by atoms with Crippen molar-refractivity contribution < 1.29 is 4.42 Å². The zero-order valence-electron chi connectivity index (χ0n) is 10.5. The van der Waals surface area contributed by atoms with Crippen LogP contribution in [0.5, 0.6) is 0 Å². The minimum Gasteiger partial charge on any atom is -0.469 e. The van der Waals surface area contributed by atoms with Gasteiger partial charge < -0.3 is 9.73 Å². The molecule has 2 aromatic rings. The highest BCUT2D eigenvalue weighted by Crippen LogP contribution is 2.24. The first-order chi connectivity index (χ1) is 8.27. The molecule has 0 radical (unpaired) electrons. The first kappa shape index (κ1) is 11.9. The maximum absolute atomic E-state index is 5.36. The molecule has 0 aliphatic heterocycles. The molecule has 0 saturated heterocycles. The molecule has 1 unspecified atom stereocenters. The van der Waals surface area contributed by atoms with Gasteiger partial charge in [-0.25, -0.2) is 4.68 Å². The van der Waals surface area contributed by atoms with Gasteiger partial charge in [0.05, 0.1) is 24.2 Å². The van der Waals surface area contributed by atoms with Crippen molar-refractivity contribution in [3.63, 3.8) is 0 Å². The first-order valence-corrected chi connectivity index (χ1v) is 5.87. The van der Waals surface area contributed by atoms with Crippen LogP contribution < -0.4 is 5.32 Å². The van der Waals surface area contributed by atoms with Gasteiger partial charge >= 0.3 is 0 Å². The molecule has 1 atom stereocenters. The van der Waals surface area contributed by atoms with Gasteiger partial charge in [-0.15, -0.1) is 5.10 Å². The summed E-state index contributed by atoms with van der Waals surface area (Å²) in [7, 11) is 1.93. The van der Waals surface area contributed by atoms with E-state index in [0.29, 0.717) is 0 Å². The van der Waals surface area contributed by atoms with Crippen LogP contribution in [0.15, 0.2) is 22.9 Å². The lowest BCUT2D eigenvalue weighted by atomic mass is 10.1. The predicted octanol–water partition coefficient (Wildman–Crippen LogP) is 1.90. The molecular weight excluding hydrogens is 216 g/mol. The molecule has 0 saturated carbocycles. The van der Waals surface area contributed by atoms with Crippen molar-refractivity contribution in [3.05, 3.63) is 35.5 Å². The van der Waals surface area contributed by atoms with Gasteiger partial charge in [0.1, 0.15) is 5.76 Å². The highest BCUT2D eigenvalue weighted by Gasteiger charge is 2.20. The van der Waals surface area contributed by atoms with E-state index in [4.69, 9.17) is 4.42 Å². The summed E-state index contributed by atoms with van der Waals surface area (Å²) in [4.78, 5) is 0. The molecule has 0 aliphatic rings. The molecular formula is C12H18N4O. The number of nitrogens with zero attached hydrogens (tertiary/aromatic N) is 3. The standard InChI is InChI=1S/C12H18N4O/c1-4-6-16-11(8-14-15-16)12(13-3)10-5-7-17-9(10)2/h5,7-8,12-13H,4,6H2,1-3H3. The Balaban J connectivity index is 2.35. The van der Waals surface area contributed by atoms with Crippen molar-refractivity contribution >= 4 is 0 Å². The van der Waals surface area contributed by atoms with Crippen LogP contribution in [0.1, 0.15) is 36.4 Å². The quantitative estimate of drug-likeness (QED) is 0.858. The molecule has 5 heteroatoms. The maximum atomic E-state index is 5.36. The van der Waals surface area contributed by atoms with Crippen LogP contribution >= 0.6 is 0 Å². The zero-order chi connectivity index (χ0) is 12.3. The van der Waals surface area contributed by atoms with Crippen molar-refractivity contribution in [2.45, 2.75) is 32.9 Å². The fourth-order valence-corrected chi connectivity index (χ4v) is 2.03. The van der Waals surface area contributed by atoms with Crippen molar-refractivity contribution in [1.29, 1.82) is 0 Å². The third-order valence-corrected chi connectivity index (χ3v) is 2.88. The maximum Gasteiger partial charge on any atom is 0.105 e. The van der Waals surface area contributed by atoms with Crippen LogP contribution in [0.3, 0.4) is 0 Å². The molecule has 0 fully saturated rings. The van der Waals surface area contributed by atoms with Crippen LogP contribution in [0.25, 0.3) is 0 Å². The summed E-state index contributed by atoms with van der Waals surface area (Å²) in [6.45, 7) is 4.97. The Hall–Kier alpha value is -1.62. The van der Waals surface area contributed by atoms with E-state index in [9.17, 15) is 0 Å². The van der Waals surface area contributed by atoms with E-state index in [-0.39, 0.29) is 6.04 Å². The lowest BCUT2D eigenvalue weighted by molar-refractivity contribution is 0.503. The van der Waals surface area contributed by atoms with Crippen molar-refractivity contribution in [2.75, 3.05) is 7.05 Å². The summed E-state index contributed by atoms with van der Waals surface area (Å²) < 4.78 is 7.29. The van der Waals surface area contributed by atoms with Gasteiger partial charge in [-0.2, -0.15) is 0 Å². The Kier molecular flexibility index (Phi) is 3.58. The summed E-state index contributed by atoms with van der Waals surface area (Å²) in [5, 5.41) is 11.4. The number of aromatic nitrogens is 3. The van der Waals surface area contributed by atoms with Crippen molar-refractivity contribution in [2.24, 2.45) is 0 Å². The fourth-order valence-electron chi connectivity index (χ4n) is 2.03. The van der Waals surface area contributed by atoms with E-state index in [2.05, 4.69) is 22.6 Å². The fraction of sp³-hybridized carbons (Fsp3) is 0.500. The van der Waals surface area contributed by atoms with Gasteiger partial charge in [-0.3, -0.25) is 0 Å². The number of hydrogen-bond acceptors (Lipinski definition) is 4. The molecule has 0 spiro atoms. The minimum atomic E-state index is 0.0790. The van der Waals surface area contributed by atoms with Gasteiger partial charge in [0.25, 0.3) is 0 Å². The van der Waals surface area contributed by atoms with Crippen LogP contribution in [0, 0.1) is 6.92 Å². The Morgan fingerprint density at radius 3 is 2.94 bits per heavy atom. The molecule has 92 valence electrons. The smallest absolute Gasteiger partial charge is 0.105 e. The monoisotopic (exact) mass is 234 g/mol. The summed E-state index contributed by atoms with van der Waals surface area (Å²) in [6.07, 6.45) is 4.56. The highest BCUT2D eigenvalue weighted by atomic mass is 16.3. The van der Waals surface area contributed by atoms with Crippen LogP contribution in [0.2, 0.25) is 0 Å². The molecule has 5 nitrogen and oxygen atoms in total. The van der Waals surface area contributed by atoms with E-state index in [1.165, 1.54) is 0 Å². The lowest BCUT2D eigenvalue weighted by Gasteiger charge is -2.16. The molecule has 1 N–H and O–H groups in total. The van der Waals surface area contributed by atoms with Gasteiger partial charge in [0.2, 0.25) is 0 Å². The summed E-state index contributed by atoms with van der Waals surface area (Å²) in [5.74, 6) is 0.925. The van der Waals surface area contributed by atoms with Crippen LogP contribution in [-0.2, 0) is 6.54 Å². The number of aryl methyl sites for hydroxylation is 2. The molecule has 0 bridgehead atoms. The predicted molar refractivity (Wildman–Crippen MR) is 64.7 cm³/mol. The lowest BCUT2D eigenvalue weighted by Crippen LogP contribution is -2.21. The highest BCUT2D eigenvalue weighted by molar-refractivity contribution is 5.27. The second-order valence-electron chi connectivity index (χ2n) is 4.04.